The normalized spacial score (nSPS) is 11.2. The SMILES string of the molecule is Cc1sc2ncnc(SCC(=O)Nc3cccc4ccccc34)c2c1C. The van der Waals surface area contributed by atoms with Crippen LogP contribution in [0.1, 0.15) is 10.4 Å². The number of carbonyl (C=O) groups is 1. The van der Waals surface area contributed by atoms with Gasteiger partial charge in [-0.25, -0.2) is 9.97 Å². The number of rotatable bonds is 4. The Morgan fingerprint density at radius 3 is 2.81 bits per heavy atom. The summed E-state index contributed by atoms with van der Waals surface area (Å²) >= 11 is 3.12. The lowest BCUT2D eigenvalue weighted by atomic mass is 10.1. The molecule has 2 heterocycles. The summed E-state index contributed by atoms with van der Waals surface area (Å²) in [6.45, 7) is 4.17. The second kappa shape index (κ2) is 7.05. The summed E-state index contributed by atoms with van der Waals surface area (Å²) in [5.74, 6) is 0.270. The average molecular weight is 380 g/mol. The lowest BCUT2D eigenvalue weighted by Gasteiger charge is -2.09. The quantitative estimate of drug-likeness (QED) is 0.391. The zero-order chi connectivity index (χ0) is 18.1. The molecule has 0 atom stereocenters. The Bertz CT molecular complexity index is 1120. The minimum absolute atomic E-state index is 0.0391. The molecule has 0 radical (unpaired) electrons. The molecule has 4 rings (SSSR count). The van der Waals surface area contributed by atoms with Crippen LogP contribution in [-0.4, -0.2) is 21.6 Å². The van der Waals surface area contributed by atoms with Crippen LogP contribution in [0.5, 0.6) is 0 Å². The smallest absolute Gasteiger partial charge is 0.234 e. The summed E-state index contributed by atoms with van der Waals surface area (Å²) in [5.41, 5.74) is 2.03. The van der Waals surface area contributed by atoms with Crippen LogP contribution in [0.15, 0.2) is 53.8 Å². The van der Waals surface area contributed by atoms with Crippen LogP contribution in [0.4, 0.5) is 5.69 Å². The van der Waals surface area contributed by atoms with E-state index < -0.39 is 0 Å². The Balaban J connectivity index is 1.53. The molecule has 2 aromatic heterocycles. The number of nitrogens with zero attached hydrogens (tertiary/aromatic N) is 2. The van der Waals surface area contributed by atoms with Crippen molar-refractivity contribution >= 4 is 55.7 Å². The van der Waals surface area contributed by atoms with E-state index in [4.69, 9.17) is 0 Å². The van der Waals surface area contributed by atoms with Crippen molar-refractivity contribution in [3.8, 4) is 0 Å². The van der Waals surface area contributed by atoms with E-state index in [0.29, 0.717) is 5.75 Å². The van der Waals surface area contributed by atoms with E-state index in [1.807, 2.05) is 42.5 Å². The third kappa shape index (κ3) is 3.18. The van der Waals surface area contributed by atoms with E-state index in [1.165, 1.54) is 22.2 Å². The highest BCUT2D eigenvalue weighted by molar-refractivity contribution is 8.00. The number of hydrogen-bond donors (Lipinski definition) is 1. The number of anilines is 1. The van der Waals surface area contributed by atoms with Gasteiger partial charge in [0.05, 0.1) is 5.75 Å². The highest BCUT2D eigenvalue weighted by Gasteiger charge is 2.14. The van der Waals surface area contributed by atoms with Crippen molar-refractivity contribution in [1.29, 1.82) is 0 Å². The molecule has 0 bridgehead atoms. The molecule has 2 aromatic carbocycles. The number of aryl methyl sites for hydroxylation is 2. The number of thiophene rings is 1. The molecular formula is C20H17N3OS2. The predicted molar refractivity (Wildman–Crippen MR) is 110 cm³/mol. The van der Waals surface area contributed by atoms with Gasteiger partial charge in [-0.1, -0.05) is 48.2 Å². The first kappa shape index (κ1) is 17.0. The molecule has 4 nitrogen and oxygen atoms in total. The summed E-state index contributed by atoms with van der Waals surface area (Å²) in [6, 6.07) is 14.0. The monoisotopic (exact) mass is 379 g/mol. The molecule has 1 N–H and O–H groups in total. The number of hydrogen-bond acceptors (Lipinski definition) is 5. The summed E-state index contributed by atoms with van der Waals surface area (Å²) < 4.78 is 0. The third-order valence-electron chi connectivity index (χ3n) is 4.33. The average Bonchev–Trinajstić information content (AvgIpc) is 2.95. The van der Waals surface area contributed by atoms with Crippen molar-refractivity contribution in [2.75, 3.05) is 11.1 Å². The first-order valence-electron chi connectivity index (χ1n) is 8.24. The lowest BCUT2D eigenvalue weighted by Crippen LogP contribution is -2.14. The van der Waals surface area contributed by atoms with Crippen molar-refractivity contribution in [1.82, 2.24) is 9.97 Å². The zero-order valence-electron chi connectivity index (χ0n) is 14.4. The number of aromatic nitrogens is 2. The van der Waals surface area contributed by atoms with E-state index in [0.717, 1.165) is 31.7 Å². The van der Waals surface area contributed by atoms with E-state index in [-0.39, 0.29) is 5.91 Å². The van der Waals surface area contributed by atoms with Gasteiger partial charge in [0.25, 0.3) is 0 Å². The molecule has 26 heavy (non-hydrogen) atoms. The van der Waals surface area contributed by atoms with Gasteiger partial charge in [0, 0.05) is 21.3 Å². The Labute approximate surface area is 159 Å². The number of amides is 1. The maximum atomic E-state index is 12.5. The molecule has 1 amide bonds. The summed E-state index contributed by atoms with van der Waals surface area (Å²) in [5, 5.41) is 7.11. The Morgan fingerprint density at radius 2 is 1.92 bits per heavy atom. The number of benzene rings is 2. The fourth-order valence-corrected chi connectivity index (χ4v) is 4.83. The largest absolute Gasteiger partial charge is 0.325 e. The van der Waals surface area contributed by atoms with Gasteiger partial charge in [-0.15, -0.1) is 11.3 Å². The standard InChI is InChI=1S/C20H17N3OS2/c1-12-13(2)26-20-18(12)19(21-11-22-20)25-10-17(24)23-16-9-5-7-14-6-3-4-8-15(14)16/h3-9,11H,10H2,1-2H3,(H,23,24). The Kier molecular flexibility index (Phi) is 4.61. The molecule has 0 saturated carbocycles. The van der Waals surface area contributed by atoms with E-state index in [9.17, 15) is 4.79 Å². The molecule has 6 heteroatoms. The van der Waals surface area contributed by atoms with Gasteiger partial charge in [0.15, 0.2) is 0 Å². The van der Waals surface area contributed by atoms with Crippen LogP contribution >= 0.6 is 23.1 Å². The Hall–Kier alpha value is -2.44. The van der Waals surface area contributed by atoms with Crippen molar-refractivity contribution in [2.45, 2.75) is 18.9 Å². The second-order valence-corrected chi connectivity index (χ2v) is 8.17. The predicted octanol–water partition coefficient (Wildman–Crippen LogP) is 5.19. The minimum Gasteiger partial charge on any atom is -0.325 e. The second-order valence-electron chi connectivity index (χ2n) is 6.01. The van der Waals surface area contributed by atoms with Crippen LogP contribution in [0.2, 0.25) is 0 Å². The van der Waals surface area contributed by atoms with Crippen LogP contribution in [0.3, 0.4) is 0 Å². The maximum Gasteiger partial charge on any atom is 0.234 e. The van der Waals surface area contributed by atoms with Crippen molar-refractivity contribution in [3.05, 3.63) is 59.2 Å². The molecule has 130 valence electrons. The topological polar surface area (TPSA) is 54.9 Å². The highest BCUT2D eigenvalue weighted by atomic mass is 32.2. The number of nitrogens with one attached hydrogen (secondary N) is 1. The van der Waals surface area contributed by atoms with Gasteiger partial charge in [-0.2, -0.15) is 0 Å². The lowest BCUT2D eigenvalue weighted by molar-refractivity contribution is -0.113. The molecule has 0 saturated heterocycles. The van der Waals surface area contributed by atoms with Gasteiger partial charge in [0.2, 0.25) is 5.91 Å². The summed E-state index contributed by atoms with van der Waals surface area (Å²) in [4.78, 5) is 23.4. The minimum atomic E-state index is -0.0391. The maximum absolute atomic E-state index is 12.5. The van der Waals surface area contributed by atoms with Crippen molar-refractivity contribution in [2.24, 2.45) is 0 Å². The molecule has 0 aliphatic rings. The fraction of sp³-hybridized carbons (Fsp3) is 0.150. The summed E-state index contributed by atoms with van der Waals surface area (Å²) in [6.07, 6.45) is 1.57. The van der Waals surface area contributed by atoms with Gasteiger partial charge in [0.1, 0.15) is 16.2 Å². The molecule has 0 spiro atoms. The molecule has 0 unspecified atom stereocenters. The van der Waals surface area contributed by atoms with Crippen LogP contribution < -0.4 is 5.32 Å². The molecular weight excluding hydrogens is 362 g/mol. The Morgan fingerprint density at radius 1 is 1.12 bits per heavy atom. The molecule has 0 aliphatic carbocycles. The highest BCUT2D eigenvalue weighted by Crippen LogP contribution is 2.34. The van der Waals surface area contributed by atoms with Gasteiger partial charge in [-0.3, -0.25) is 4.79 Å². The number of fused-ring (bicyclic) bond motifs is 2. The fourth-order valence-electron chi connectivity index (χ4n) is 2.91. The van der Waals surface area contributed by atoms with E-state index in [2.05, 4.69) is 29.1 Å². The first-order valence-corrected chi connectivity index (χ1v) is 10.0. The number of thioether (sulfide) groups is 1. The zero-order valence-corrected chi connectivity index (χ0v) is 16.1. The van der Waals surface area contributed by atoms with Crippen molar-refractivity contribution in [3.63, 3.8) is 0 Å². The number of carbonyl (C=O) groups excluding carboxylic acids is 1. The van der Waals surface area contributed by atoms with Gasteiger partial charge in [-0.05, 0) is 30.9 Å². The van der Waals surface area contributed by atoms with Crippen molar-refractivity contribution < 1.29 is 4.79 Å². The van der Waals surface area contributed by atoms with E-state index >= 15 is 0 Å². The third-order valence-corrected chi connectivity index (χ3v) is 6.44. The molecule has 4 aromatic rings. The van der Waals surface area contributed by atoms with Crippen LogP contribution in [-0.2, 0) is 4.79 Å². The van der Waals surface area contributed by atoms with Gasteiger partial charge >= 0.3 is 0 Å². The van der Waals surface area contributed by atoms with E-state index in [1.54, 1.807) is 17.7 Å². The first-order chi connectivity index (χ1) is 12.6. The molecule has 0 aliphatic heterocycles. The summed E-state index contributed by atoms with van der Waals surface area (Å²) in [7, 11) is 0. The molecule has 0 fully saturated rings. The van der Waals surface area contributed by atoms with Gasteiger partial charge < -0.3 is 5.32 Å². The van der Waals surface area contributed by atoms with Crippen LogP contribution in [0, 0.1) is 13.8 Å². The van der Waals surface area contributed by atoms with Crippen LogP contribution in [0.25, 0.3) is 21.0 Å².